The molecule has 0 fully saturated rings. The van der Waals surface area contributed by atoms with E-state index < -0.39 is 5.56 Å². The van der Waals surface area contributed by atoms with Gasteiger partial charge in [0.2, 0.25) is 0 Å². The normalized spacial score (nSPS) is 9.96. The van der Waals surface area contributed by atoms with Crippen LogP contribution in [0.15, 0.2) is 10.9 Å². The van der Waals surface area contributed by atoms with E-state index in [1.165, 1.54) is 7.11 Å². The molecule has 0 saturated carbocycles. The van der Waals surface area contributed by atoms with Crippen molar-refractivity contribution < 1.29 is 9.84 Å². The summed E-state index contributed by atoms with van der Waals surface area (Å²) in [6.45, 7) is 3.31. The van der Waals surface area contributed by atoms with Crippen LogP contribution in [-0.2, 0) is 0 Å². The fourth-order valence-corrected chi connectivity index (χ4v) is 2.48. The zero-order valence-corrected chi connectivity index (χ0v) is 12.8. The van der Waals surface area contributed by atoms with Gasteiger partial charge < -0.3 is 20.6 Å². The molecule has 1 aromatic carbocycles. The van der Waals surface area contributed by atoms with Crippen LogP contribution in [0.25, 0.3) is 11.1 Å². The Hall–Kier alpha value is -3.45. The van der Waals surface area contributed by atoms with Crippen molar-refractivity contribution in [2.24, 2.45) is 0 Å². The number of aromatic hydroxyl groups is 1. The first-order valence-corrected chi connectivity index (χ1v) is 6.60. The van der Waals surface area contributed by atoms with Crippen LogP contribution in [0.4, 0.5) is 5.82 Å². The average molecular weight is 310 g/mol. The van der Waals surface area contributed by atoms with Crippen LogP contribution in [-0.4, -0.2) is 17.2 Å². The number of phenolic OH excluding ortho intramolecular Hbond substituents is 1. The van der Waals surface area contributed by atoms with Gasteiger partial charge in [0.25, 0.3) is 5.56 Å². The van der Waals surface area contributed by atoms with E-state index in [0.717, 1.165) is 0 Å². The van der Waals surface area contributed by atoms with Gasteiger partial charge in [0.1, 0.15) is 40.6 Å². The van der Waals surface area contributed by atoms with Gasteiger partial charge in [-0.15, -0.1) is 0 Å². The second-order valence-electron chi connectivity index (χ2n) is 4.96. The molecule has 0 amide bonds. The molecule has 0 aliphatic heterocycles. The molecule has 0 aliphatic carbocycles. The van der Waals surface area contributed by atoms with Crippen LogP contribution >= 0.6 is 0 Å². The molecule has 116 valence electrons. The summed E-state index contributed by atoms with van der Waals surface area (Å²) in [4.78, 5) is 14.3. The lowest BCUT2D eigenvalue weighted by Crippen LogP contribution is -2.16. The largest absolute Gasteiger partial charge is 0.507 e. The Morgan fingerprint density at radius 2 is 1.83 bits per heavy atom. The molecule has 7 heteroatoms. The van der Waals surface area contributed by atoms with E-state index in [4.69, 9.17) is 10.5 Å². The summed E-state index contributed by atoms with van der Waals surface area (Å²) in [7, 11) is 1.46. The van der Waals surface area contributed by atoms with Crippen LogP contribution in [0, 0.1) is 36.5 Å². The number of anilines is 1. The topological polar surface area (TPSA) is 136 Å². The van der Waals surface area contributed by atoms with Crippen molar-refractivity contribution >= 4 is 5.82 Å². The van der Waals surface area contributed by atoms with Gasteiger partial charge in [0.15, 0.2) is 0 Å². The number of nitrogens with two attached hydrogens (primary N) is 1. The van der Waals surface area contributed by atoms with E-state index in [9.17, 15) is 20.4 Å². The highest BCUT2D eigenvalue weighted by Gasteiger charge is 2.24. The number of pyridine rings is 1. The van der Waals surface area contributed by atoms with E-state index >= 15 is 0 Å². The third-order valence-electron chi connectivity index (χ3n) is 3.64. The number of aromatic amines is 1. The van der Waals surface area contributed by atoms with Gasteiger partial charge in [-0.05, 0) is 25.5 Å². The van der Waals surface area contributed by atoms with Crippen LogP contribution < -0.4 is 16.0 Å². The molecule has 0 radical (unpaired) electrons. The third-order valence-corrected chi connectivity index (χ3v) is 3.64. The number of phenols is 1. The minimum absolute atomic E-state index is 0.00764. The predicted molar refractivity (Wildman–Crippen MR) is 84.0 cm³/mol. The molecule has 7 nitrogen and oxygen atoms in total. The summed E-state index contributed by atoms with van der Waals surface area (Å²) >= 11 is 0. The van der Waals surface area contributed by atoms with Gasteiger partial charge in [-0.1, -0.05) is 0 Å². The molecule has 0 spiro atoms. The highest BCUT2D eigenvalue weighted by Crippen LogP contribution is 2.42. The summed E-state index contributed by atoms with van der Waals surface area (Å²) < 4.78 is 5.26. The lowest BCUT2D eigenvalue weighted by Gasteiger charge is -2.17. The Morgan fingerprint density at radius 1 is 1.22 bits per heavy atom. The number of nitriles is 2. The van der Waals surface area contributed by atoms with Crippen molar-refractivity contribution in [2.75, 3.05) is 12.8 Å². The van der Waals surface area contributed by atoms with Gasteiger partial charge >= 0.3 is 0 Å². The van der Waals surface area contributed by atoms with Crippen molar-refractivity contribution in [1.29, 1.82) is 10.5 Å². The standard InChI is InChI=1S/C16H14N4O3/c1-7-4-11(23-3)8(2)12(14(7)21)13-9(5-17)15(19)20-16(22)10(13)6-18/h4,21H,1-3H3,(H3,19,20,22). The molecule has 4 N–H and O–H groups in total. The van der Waals surface area contributed by atoms with Crippen LogP contribution in [0.2, 0.25) is 0 Å². The molecular formula is C16H14N4O3. The zero-order valence-electron chi connectivity index (χ0n) is 12.8. The zero-order chi connectivity index (χ0) is 17.3. The fraction of sp³-hybridized carbons (Fsp3) is 0.188. The Labute approximate surface area is 132 Å². The van der Waals surface area contributed by atoms with E-state index in [1.54, 1.807) is 26.0 Å². The van der Waals surface area contributed by atoms with Gasteiger partial charge in [-0.2, -0.15) is 10.5 Å². The van der Waals surface area contributed by atoms with Gasteiger partial charge in [-0.25, -0.2) is 0 Å². The minimum atomic E-state index is -0.724. The SMILES string of the molecule is COc1cc(C)c(O)c(-c2c(C#N)c(N)[nH]c(=O)c2C#N)c1C. The molecule has 23 heavy (non-hydrogen) atoms. The van der Waals surface area contributed by atoms with Crippen molar-refractivity contribution in [1.82, 2.24) is 4.98 Å². The number of methoxy groups -OCH3 is 1. The summed E-state index contributed by atoms with van der Waals surface area (Å²) in [6.07, 6.45) is 0. The Balaban J connectivity index is 3.11. The average Bonchev–Trinajstić information content (AvgIpc) is 2.51. The second-order valence-corrected chi connectivity index (χ2v) is 4.96. The molecule has 0 bridgehead atoms. The van der Waals surface area contributed by atoms with Crippen molar-refractivity contribution in [3.63, 3.8) is 0 Å². The number of rotatable bonds is 2. The maximum atomic E-state index is 12.0. The quantitative estimate of drug-likeness (QED) is 0.772. The number of nitrogens with one attached hydrogen (secondary N) is 1. The third kappa shape index (κ3) is 2.34. The highest BCUT2D eigenvalue weighted by molar-refractivity contribution is 5.87. The van der Waals surface area contributed by atoms with Crippen LogP contribution in [0.1, 0.15) is 22.3 Å². The van der Waals surface area contributed by atoms with Crippen molar-refractivity contribution in [3.05, 3.63) is 38.7 Å². The molecule has 0 atom stereocenters. The summed E-state index contributed by atoms with van der Waals surface area (Å²) in [5.41, 5.74) is 5.78. The number of nitrogen functional groups attached to an aromatic ring is 1. The number of aryl methyl sites for hydroxylation is 1. The van der Waals surface area contributed by atoms with Gasteiger partial charge in [-0.3, -0.25) is 4.79 Å². The minimum Gasteiger partial charge on any atom is -0.507 e. The number of H-pyrrole nitrogens is 1. The summed E-state index contributed by atoms with van der Waals surface area (Å²) in [6, 6.07) is 5.28. The first-order chi connectivity index (χ1) is 10.9. The molecule has 1 aromatic heterocycles. The first kappa shape index (κ1) is 15.9. The lowest BCUT2D eigenvalue weighted by atomic mass is 9.90. The summed E-state index contributed by atoms with van der Waals surface area (Å²) in [5, 5.41) is 29.1. The highest BCUT2D eigenvalue weighted by atomic mass is 16.5. The Bertz CT molecular complexity index is 946. The molecule has 0 aliphatic rings. The summed E-state index contributed by atoms with van der Waals surface area (Å²) in [5.74, 6) is 0.161. The molecule has 0 unspecified atom stereocenters. The molecular weight excluding hydrogens is 296 g/mol. The molecule has 2 aromatic rings. The number of ether oxygens (including phenoxy) is 1. The molecule has 1 heterocycles. The van der Waals surface area contributed by atoms with Crippen molar-refractivity contribution in [3.8, 4) is 34.8 Å². The molecule has 0 saturated heterocycles. The Kier molecular flexibility index (Phi) is 3.98. The van der Waals surface area contributed by atoms with E-state index in [2.05, 4.69) is 4.98 Å². The number of hydrogen-bond donors (Lipinski definition) is 3. The smallest absolute Gasteiger partial charge is 0.268 e. The predicted octanol–water partition coefficient (Wildman–Crippen LogP) is 1.70. The first-order valence-electron chi connectivity index (χ1n) is 6.60. The second kappa shape index (κ2) is 5.74. The number of nitrogens with zero attached hydrogens (tertiary/aromatic N) is 2. The van der Waals surface area contributed by atoms with Crippen LogP contribution in [0.3, 0.4) is 0 Å². The monoisotopic (exact) mass is 310 g/mol. The van der Waals surface area contributed by atoms with Gasteiger partial charge in [0, 0.05) is 16.7 Å². The van der Waals surface area contributed by atoms with E-state index in [1.807, 2.05) is 6.07 Å². The fourth-order valence-electron chi connectivity index (χ4n) is 2.48. The van der Waals surface area contributed by atoms with Crippen molar-refractivity contribution in [2.45, 2.75) is 13.8 Å². The maximum absolute atomic E-state index is 12.0. The van der Waals surface area contributed by atoms with Gasteiger partial charge in [0.05, 0.1) is 7.11 Å². The number of benzene rings is 1. The Morgan fingerprint density at radius 3 is 2.35 bits per heavy atom. The van der Waals surface area contributed by atoms with E-state index in [0.29, 0.717) is 16.9 Å². The number of hydrogen-bond acceptors (Lipinski definition) is 6. The number of aromatic nitrogens is 1. The lowest BCUT2D eigenvalue weighted by molar-refractivity contribution is 0.408. The maximum Gasteiger partial charge on any atom is 0.268 e. The molecule has 2 rings (SSSR count). The van der Waals surface area contributed by atoms with Crippen LogP contribution in [0.5, 0.6) is 11.5 Å². The van der Waals surface area contributed by atoms with E-state index in [-0.39, 0.29) is 33.8 Å².